The first-order chi connectivity index (χ1) is 9.61. The molecule has 0 amide bonds. The number of rotatable bonds is 5. The van der Waals surface area contributed by atoms with Crippen molar-refractivity contribution in [3.05, 3.63) is 46.0 Å². The monoisotopic (exact) mass is 323 g/mol. The Balaban J connectivity index is 0.00000161. The summed E-state index contributed by atoms with van der Waals surface area (Å²) < 4.78 is 0. The Labute approximate surface area is 136 Å². The number of aromatic nitrogens is 1. The molecule has 0 unspecified atom stereocenters. The number of nitrogens with zero attached hydrogens (tertiary/aromatic N) is 2. The molecule has 1 heterocycles. The lowest BCUT2D eigenvalue weighted by Gasteiger charge is -2.21. The number of halogens is 1. The average Bonchev–Trinajstić information content (AvgIpc) is 3.17. The summed E-state index contributed by atoms with van der Waals surface area (Å²) in [5.41, 5.74) is 9.86. The van der Waals surface area contributed by atoms with Crippen molar-refractivity contribution in [1.82, 2.24) is 9.88 Å². The Kier molecular flexibility index (Phi) is 5.25. The van der Waals surface area contributed by atoms with Crippen molar-refractivity contribution in [2.75, 3.05) is 5.73 Å². The van der Waals surface area contributed by atoms with Gasteiger partial charge in [-0.05, 0) is 43.4 Å². The minimum absolute atomic E-state index is 0. The highest BCUT2D eigenvalue weighted by atomic mass is 35.5. The Hall–Kier alpha value is -1.10. The van der Waals surface area contributed by atoms with Crippen LogP contribution in [0.5, 0.6) is 0 Å². The van der Waals surface area contributed by atoms with Crippen LogP contribution in [-0.4, -0.2) is 15.9 Å². The number of aryl methyl sites for hydroxylation is 2. The van der Waals surface area contributed by atoms with Crippen molar-refractivity contribution < 1.29 is 0 Å². The van der Waals surface area contributed by atoms with Gasteiger partial charge >= 0.3 is 0 Å². The van der Waals surface area contributed by atoms with Crippen LogP contribution in [0.1, 0.15) is 34.4 Å². The zero-order valence-corrected chi connectivity index (χ0v) is 14.1. The number of hydrogen-bond acceptors (Lipinski definition) is 4. The zero-order valence-electron chi connectivity index (χ0n) is 12.5. The third-order valence-electron chi connectivity index (χ3n) is 3.95. The molecule has 1 aromatic heterocycles. The summed E-state index contributed by atoms with van der Waals surface area (Å²) in [7, 11) is 0. The summed E-state index contributed by atoms with van der Waals surface area (Å²) in [5, 5.41) is 0.668. The minimum Gasteiger partial charge on any atom is -0.375 e. The van der Waals surface area contributed by atoms with Crippen molar-refractivity contribution in [3.8, 4) is 0 Å². The fraction of sp³-hybridized carbons (Fsp3) is 0.438. The lowest BCUT2D eigenvalue weighted by atomic mass is 10.1. The van der Waals surface area contributed by atoms with Gasteiger partial charge in [-0.2, -0.15) is 0 Å². The summed E-state index contributed by atoms with van der Waals surface area (Å²) in [4.78, 5) is 7.97. The number of nitrogen functional groups attached to an aromatic ring is 1. The topological polar surface area (TPSA) is 42.2 Å². The van der Waals surface area contributed by atoms with Gasteiger partial charge in [0.25, 0.3) is 0 Å². The van der Waals surface area contributed by atoms with E-state index in [1.807, 2.05) is 6.20 Å². The Bertz CT molecular complexity index is 607. The largest absolute Gasteiger partial charge is 0.375 e. The summed E-state index contributed by atoms with van der Waals surface area (Å²) in [6, 6.07) is 7.52. The summed E-state index contributed by atoms with van der Waals surface area (Å²) in [6.07, 6.45) is 4.55. The van der Waals surface area contributed by atoms with E-state index in [-0.39, 0.29) is 12.4 Å². The smallest absolute Gasteiger partial charge is 0.180 e. The normalized spacial score (nSPS) is 14.2. The fourth-order valence-electron chi connectivity index (χ4n) is 2.49. The van der Waals surface area contributed by atoms with E-state index in [0.29, 0.717) is 5.13 Å². The third-order valence-corrected chi connectivity index (χ3v) is 4.76. The van der Waals surface area contributed by atoms with Crippen LogP contribution < -0.4 is 5.73 Å². The Morgan fingerprint density at radius 3 is 2.57 bits per heavy atom. The van der Waals surface area contributed by atoms with Crippen LogP contribution in [0.25, 0.3) is 0 Å². The number of benzene rings is 1. The lowest BCUT2D eigenvalue weighted by Crippen LogP contribution is -2.24. The molecular weight excluding hydrogens is 302 g/mol. The van der Waals surface area contributed by atoms with Crippen LogP contribution >= 0.6 is 23.7 Å². The van der Waals surface area contributed by atoms with Gasteiger partial charge in [0.15, 0.2) is 5.13 Å². The van der Waals surface area contributed by atoms with Crippen LogP contribution in [0.2, 0.25) is 0 Å². The molecule has 21 heavy (non-hydrogen) atoms. The van der Waals surface area contributed by atoms with Crippen LogP contribution in [0, 0.1) is 13.8 Å². The Morgan fingerprint density at radius 1 is 1.24 bits per heavy atom. The maximum Gasteiger partial charge on any atom is 0.180 e. The number of thiazole rings is 1. The molecule has 114 valence electrons. The molecule has 0 aliphatic heterocycles. The summed E-state index contributed by atoms with van der Waals surface area (Å²) in [5.74, 6) is 0. The van der Waals surface area contributed by atoms with E-state index in [4.69, 9.17) is 5.73 Å². The van der Waals surface area contributed by atoms with Gasteiger partial charge in [-0.25, -0.2) is 4.98 Å². The summed E-state index contributed by atoms with van der Waals surface area (Å²) in [6.45, 7) is 6.33. The average molecular weight is 324 g/mol. The molecule has 2 aromatic rings. The van der Waals surface area contributed by atoms with Gasteiger partial charge in [0.2, 0.25) is 0 Å². The minimum atomic E-state index is 0. The number of anilines is 1. The molecule has 0 radical (unpaired) electrons. The molecule has 0 atom stereocenters. The zero-order chi connectivity index (χ0) is 14.1. The fourth-order valence-corrected chi connectivity index (χ4v) is 3.20. The highest BCUT2D eigenvalue weighted by Crippen LogP contribution is 2.31. The highest BCUT2D eigenvalue weighted by Gasteiger charge is 2.29. The SMILES string of the molecule is Cc1ccc(CN(Cc2cnc(N)s2)C2CC2)cc1C.Cl. The maximum absolute atomic E-state index is 5.72. The van der Waals surface area contributed by atoms with E-state index in [9.17, 15) is 0 Å². The van der Waals surface area contributed by atoms with Crippen molar-refractivity contribution in [2.24, 2.45) is 0 Å². The van der Waals surface area contributed by atoms with Crippen molar-refractivity contribution in [2.45, 2.75) is 45.8 Å². The van der Waals surface area contributed by atoms with Crippen molar-refractivity contribution >= 4 is 28.9 Å². The predicted molar refractivity (Wildman–Crippen MR) is 92.0 cm³/mol. The van der Waals surface area contributed by atoms with Gasteiger partial charge in [-0.1, -0.05) is 18.2 Å². The molecule has 0 bridgehead atoms. The van der Waals surface area contributed by atoms with Gasteiger partial charge in [0.05, 0.1) is 0 Å². The standard InChI is InChI=1S/C16H21N3S.ClH/c1-11-3-4-13(7-12(11)2)9-19(14-5-6-14)10-15-8-18-16(17)20-15;/h3-4,7-8,14H,5-6,9-10H2,1-2H3,(H2,17,18);1H. The van der Waals surface area contributed by atoms with Crippen molar-refractivity contribution in [3.63, 3.8) is 0 Å². The predicted octanol–water partition coefficient (Wildman–Crippen LogP) is 3.93. The maximum atomic E-state index is 5.72. The van der Waals surface area contributed by atoms with Gasteiger partial charge in [-0.3, -0.25) is 4.90 Å². The van der Waals surface area contributed by atoms with Gasteiger partial charge in [0.1, 0.15) is 0 Å². The molecule has 3 rings (SSSR count). The molecule has 1 saturated carbocycles. The van der Waals surface area contributed by atoms with Crippen LogP contribution in [0.15, 0.2) is 24.4 Å². The first kappa shape index (κ1) is 16.3. The second-order valence-electron chi connectivity index (χ2n) is 5.72. The van der Waals surface area contributed by atoms with Gasteiger partial charge < -0.3 is 5.73 Å². The van der Waals surface area contributed by atoms with E-state index < -0.39 is 0 Å². The second-order valence-corrected chi connectivity index (χ2v) is 6.87. The molecule has 0 saturated heterocycles. The van der Waals surface area contributed by atoms with Gasteiger partial charge in [-0.15, -0.1) is 23.7 Å². The van der Waals surface area contributed by atoms with Crippen LogP contribution in [0.3, 0.4) is 0 Å². The molecule has 5 heteroatoms. The first-order valence-electron chi connectivity index (χ1n) is 7.12. The molecule has 1 aliphatic carbocycles. The number of nitrogens with two attached hydrogens (primary N) is 1. The van der Waals surface area contributed by atoms with Crippen LogP contribution in [0.4, 0.5) is 5.13 Å². The van der Waals surface area contributed by atoms with E-state index in [0.717, 1.165) is 19.1 Å². The second kappa shape index (κ2) is 6.77. The first-order valence-corrected chi connectivity index (χ1v) is 7.94. The van der Waals surface area contributed by atoms with Crippen molar-refractivity contribution in [1.29, 1.82) is 0 Å². The lowest BCUT2D eigenvalue weighted by molar-refractivity contribution is 0.248. The van der Waals surface area contributed by atoms with E-state index in [2.05, 4.69) is 41.9 Å². The highest BCUT2D eigenvalue weighted by molar-refractivity contribution is 7.15. The molecule has 2 N–H and O–H groups in total. The van der Waals surface area contributed by atoms with Gasteiger partial charge in [0, 0.05) is 30.2 Å². The molecule has 1 aliphatic rings. The van der Waals surface area contributed by atoms with E-state index in [1.165, 1.54) is 34.4 Å². The van der Waals surface area contributed by atoms with Crippen LogP contribution in [-0.2, 0) is 13.1 Å². The quantitative estimate of drug-likeness (QED) is 0.906. The molecule has 1 aromatic carbocycles. The third kappa shape index (κ3) is 4.19. The number of hydrogen-bond donors (Lipinski definition) is 1. The van der Waals surface area contributed by atoms with E-state index in [1.54, 1.807) is 11.3 Å². The molecule has 1 fully saturated rings. The molecular formula is C16H22ClN3S. The molecule has 3 nitrogen and oxygen atoms in total. The molecule has 0 spiro atoms. The Morgan fingerprint density at radius 2 is 2.00 bits per heavy atom. The van der Waals surface area contributed by atoms with E-state index >= 15 is 0 Å². The summed E-state index contributed by atoms with van der Waals surface area (Å²) >= 11 is 1.60.